The van der Waals surface area contributed by atoms with Gasteiger partial charge in [0, 0.05) is 30.6 Å². The zero-order valence-electron chi connectivity index (χ0n) is 18.0. The third kappa shape index (κ3) is 4.78. The van der Waals surface area contributed by atoms with E-state index >= 15 is 0 Å². The van der Waals surface area contributed by atoms with E-state index in [2.05, 4.69) is 11.4 Å². The van der Waals surface area contributed by atoms with E-state index in [1.54, 1.807) is 0 Å². The summed E-state index contributed by atoms with van der Waals surface area (Å²) in [4.78, 5) is 11.5. The van der Waals surface area contributed by atoms with Gasteiger partial charge in [-0.2, -0.15) is 5.26 Å². The van der Waals surface area contributed by atoms with Crippen molar-refractivity contribution in [2.75, 3.05) is 5.32 Å². The molecule has 5 nitrogen and oxygen atoms in total. The molecule has 2 aromatic carbocycles. The molecule has 0 unspecified atom stereocenters. The maximum absolute atomic E-state index is 11.5. The first-order chi connectivity index (χ1) is 13.9. The minimum atomic E-state index is -0.0252. The Balaban J connectivity index is 0.00000145. The normalized spacial score (nSPS) is 10.3. The van der Waals surface area contributed by atoms with E-state index in [4.69, 9.17) is 4.74 Å². The molecular formula is C24H29N3O2. The molecular weight excluding hydrogens is 362 g/mol. The van der Waals surface area contributed by atoms with E-state index in [0.717, 1.165) is 33.6 Å². The Morgan fingerprint density at radius 3 is 2.38 bits per heavy atom. The highest BCUT2D eigenvalue weighted by Gasteiger charge is 2.17. The van der Waals surface area contributed by atoms with Crippen LogP contribution in [0.15, 0.2) is 42.5 Å². The maximum atomic E-state index is 11.5. The molecule has 3 rings (SSSR count). The van der Waals surface area contributed by atoms with E-state index in [-0.39, 0.29) is 12.0 Å². The summed E-state index contributed by atoms with van der Waals surface area (Å²) in [7, 11) is 1.95. The van der Waals surface area contributed by atoms with Crippen LogP contribution in [0.2, 0.25) is 0 Å². The number of ether oxygens (including phenoxy) is 1. The molecule has 0 aliphatic carbocycles. The van der Waals surface area contributed by atoms with Gasteiger partial charge in [-0.25, -0.2) is 0 Å². The van der Waals surface area contributed by atoms with E-state index in [0.29, 0.717) is 12.0 Å². The fourth-order valence-electron chi connectivity index (χ4n) is 3.17. The monoisotopic (exact) mass is 391 g/mol. The lowest BCUT2D eigenvalue weighted by molar-refractivity contribution is -0.115. The van der Waals surface area contributed by atoms with Crippen molar-refractivity contribution in [1.82, 2.24) is 4.57 Å². The van der Waals surface area contributed by atoms with Crippen LogP contribution in [0.1, 0.15) is 46.6 Å². The van der Waals surface area contributed by atoms with Crippen LogP contribution < -0.4 is 10.1 Å². The topological polar surface area (TPSA) is 67.1 Å². The van der Waals surface area contributed by atoms with E-state index in [9.17, 15) is 10.1 Å². The Morgan fingerprint density at radius 2 is 1.83 bits per heavy atom. The number of nitriles is 1. The van der Waals surface area contributed by atoms with Crippen LogP contribution in [0.3, 0.4) is 0 Å². The Labute approximate surface area is 172 Å². The molecule has 1 aromatic heterocycles. The number of amides is 1. The second-order valence-electron chi connectivity index (χ2n) is 6.72. The third-order valence-electron chi connectivity index (χ3n) is 4.42. The number of anilines is 1. The Hall–Kier alpha value is -3.26. The first-order valence-corrected chi connectivity index (χ1v) is 10.0. The lowest BCUT2D eigenvalue weighted by Gasteiger charge is -2.10. The van der Waals surface area contributed by atoms with Crippen molar-refractivity contribution in [3.8, 4) is 23.1 Å². The average Bonchev–Trinajstić information content (AvgIpc) is 3.01. The number of aromatic nitrogens is 1. The fourth-order valence-corrected chi connectivity index (χ4v) is 3.17. The predicted octanol–water partition coefficient (Wildman–Crippen LogP) is 5.88. The van der Waals surface area contributed by atoms with Gasteiger partial charge in [0.1, 0.15) is 11.8 Å². The molecule has 1 N–H and O–H groups in total. The molecule has 29 heavy (non-hydrogen) atoms. The first kappa shape index (κ1) is 22.0. The molecule has 0 saturated carbocycles. The predicted molar refractivity (Wildman–Crippen MR) is 119 cm³/mol. The van der Waals surface area contributed by atoms with Crippen molar-refractivity contribution in [1.29, 1.82) is 5.26 Å². The second-order valence-corrected chi connectivity index (χ2v) is 6.72. The Kier molecular flexibility index (Phi) is 7.44. The minimum Gasteiger partial charge on any atom is -0.491 e. The van der Waals surface area contributed by atoms with Crippen molar-refractivity contribution in [3.05, 3.63) is 48.0 Å². The zero-order valence-corrected chi connectivity index (χ0v) is 18.0. The number of aryl methyl sites for hydroxylation is 1. The standard InChI is InChI=1S/C22H23N3O2.C2H6/c1-5-21(26)24-16-8-6-15(7-9-16)22-19(13-23)18-11-10-17(27-14(2)3)12-20(18)25(22)4;1-2/h6-12,14H,5H2,1-4H3,(H,24,26);1-2H3. The van der Waals surface area contributed by atoms with Crippen LogP contribution in [0.4, 0.5) is 5.69 Å². The lowest BCUT2D eigenvalue weighted by Crippen LogP contribution is -2.09. The third-order valence-corrected chi connectivity index (χ3v) is 4.42. The first-order valence-electron chi connectivity index (χ1n) is 10.0. The van der Waals surface area contributed by atoms with Gasteiger partial charge in [0.25, 0.3) is 0 Å². The number of nitrogens with zero attached hydrogens (tertiary/aromatic N) is 2. The van der Waals surface area contributed by atoms with Crippen LogP contribution in [-0.4, -0.2) is 16.6 Å². The molecule has 0 saturated heterocycles. The van der Waals surface area contributed by atoms with Crippen LogP contribution in [0, 0.1) is 11.3 Å². The van der Waals surface area contributed by atoms with Gasteiger partial charge in [0.2, 0.25) is 5.91 Å². The van der Waals surface area contributed by atoms with Gasteiger partial charge in [-0.15, -0.1) is 0 Å². The molecule has 0 aliphatic heterocycles. The summed E-state index contributed by atoms with van der Waals surface area (Å²) in [6, 6.07) is 15.7. The number of rotatable bonds is 5. The van der Waals surface area contributed by atoms with Crippen molar-refractivity contribution < 1.29 is 9.53 Å². The molecule has 0 radical (unpaired) electrons. The SMILES string of the molecule is CC.CCC(=O)Nc1ccc(-c2c(C#N)c3ccc(OC(C)C)cc3n2C)cc1. The van der Waals surface area contributed by atoms with Crippen LogP contribution in [0.25, 0.3) is 22.2 Å². The van der Waals surface area contributed by atoms with E-state index in [1.165, 1.54) is 0 Å². The zero-order chi connectivity index (χ0) is 21.6. The summed E-state index contributed by atoms with van der Waals surface area (Å²) in [6.07, 6.45) is 0.521. The maximum Gasteiger partial charge on any atom is 0.224 e. The number of nitrogens with one attached hydrogen (secondary N) is 1. The molecule has 1 heterocycles. The molecule has 1 amide bonds. The Morgan fingerprint density at radius 1 is 1.17 bits per heavy atom. The number of hydrogen-bond acceptors (Lipinski definition) is 3. The van der Waals surface area contributed by atoms with Gasteiger partial charge >= 0.3 is 0 Å². The number of fused-ring (bicyclic) bond motifs is 1. The van der Waals surface area contributed by atoms with Gasteiger partial charge in [0.15, 0.2) is 0 Å². The summed E-state index contributed by atoms with van der Waals surface area (Å²) >= 11 is 0. The quantitative estimate of drug-likeness (QED) is 0.590. The fraction of sp³-hybridized carbons (Fsp3) is 0.333. The molecule has 0 fully saturated rings. The average molecular weight is 392 g/mol. The van der Waals surface area contributed by atoms with Gasteiger partial charge in [-0.05, 0) is 43.7 Å². The number of benzene rings is 2. The summed E-state index contributed by atoms with van der Waals surface area (Å²) in [6.45, 7) is 9.79. The van der Waals surface area contributed by atoms with Crippen LogP contribution >= 0.6 is 0 Å². The lowest BCUT2D eigenvalue weighted by atomic mass is 10.1. The Bertz CT molecular complexity index is 1020. The van der Waals surface area contributed by atoms with Crippen molar-refractivity contribution >= 4 is 22.5 Å². The summed E-state index contributed by atoms with van der Waals surface area (Å²) < 4.78 is 7.81. The van der Waals surface area contributed by atoms with Crippen LogP contribution in [0.5, 0.6) is 5.75 Å². The molecule has 3 aromatic rings. The molecule has 0 aliphatic rings. The highest BCUT2D eigenvalue weighted by atomic mass is 16.5. The van der Waals surface area contributed by atoms with Gasteiger partial charge in [0.05, 0.1) is 22.9 Å². The number of hydrogen-bond donors (Lipinski definition) is 1. The highest BCUT2D eigenvalue weighted by molar-refractivity contribution is 5.95. The van der Waals surface area contributed by atoms with Crippen LogP contribution in [-0.2, 0) is 11.8 Å². The molecule has 5 heteroatoms. The molecule has 0 bridgehead atoms. The van der Waals surface area contributed by atoms with Gasteiger partial charge in [-0.1, -0.05) is 32.9 Å². The number of carbonyl (C=O) groups is 1. The van der Waals surface area contributed by atoms with Gasteiger partial charge < -0.3 is 14.6 Å². The highest BCUT2D eigenvalue weighted by Crippen LogP contribution is 2.35. The second kappa shape index (κ2) is 9.79. The smallest absolute Gasteiger partial charge is 0.224 e. The van der Waals surface area contributed by atoms with E-state index in [1.807, 2.05) is 88.7 Å². The van der Waals surface area contributed by atoms with E-state index < -0.39 is 0 Å². The van der Waals surface area contributed by atoms with Crippen molar-refractivity contribution in [2.24, 2.45) is 7.05 Å². The minimum absolute atomic E-state index is 0.0252. The summed E-state index contributed by atoms with van der Waals surface area (Å²) in [5.41, 5.74) is 4.10. The number of carbonyl (C=O) groups excluding carboxylic acids is 1. The molecule has 0 atom stereocenters. The molecule has 0 spiro atoms. The molecule has 152 valence electrons. The van der Waals surface area contributed by atoms with Gasteiger partial charge in [-0.3, -0.25) is 4.79 Å². The largest absolute Gasteiger partial charge is 0.491 e. The summed E-state index contributed by atoms with van der Waals surface area (Å²) in [5, 5.41) is 13.5. The van der Waals surface area contributed by atoms with Crippen molar-refractivity contribution in [3.63, 3.8) is 0 Å². The summed E-state index contributed by atoms with van der Waals surface area (Å²) in [5.74, 6) is 0.759. The van der Waals surface area contributed by atoms with Crippen molar-refractivity contribution in [2.45, 2.75) is 47.1 Å².